The number of hydrogen-bond donors (Lipinski definition) is 1. The Balaban J connectivity index is 1.60. The lowest BCUT2D eigenvalue weighted by Gasteiger charge is -2.18. The van der Waals surface area contributed by atoms with E-state index in [0.717, 1.165) is 6.42 Å². The van der Waals surface area contributed by atoms with Gasteiger partial charge in [-0.1, -0.05) is 0 Å². The molecule has 0 aliphatic carbocycles. The number of ether oxygens (including phenoxy) is 1. The van der Waals surface area contributed by atoms with Crippen molar-refractivity contribution >= 4 is 17.2 Å². The Kier molecular flexibility index (Phi) is 4.81. The van der Waals surface area contributed by atoms with Gasteiger partial charge in [0.2, 0.25) is 0 Å². The quantitative estimate of drug-likeness (QED) is 0.745. The molecule has 0 saturated carbocycles. The maximum atomic E-state index is 13.7. The predicted octanol–water partition coefficient (Wildman–Crippen LogP) is 3.69. The summed E-state index contributed by atoms with van der Waals surface area (Å²) in [6.45, 7) is 2.32. The molecule has 0 bridgehead atoms. The highest BCUT2D eigenvalue weighted by molar-refractivity contribution is 7.17. The molecule has 2 aromatic heterocycles. The predicted molar refractivity (Wildman–Crippen MR) is 99.2 cm³/mol. The first-order valence-corrected chi connectivity index (χ1v) is 9.41. The third-order valence-corrected chi connectivity index (χ3v) is 5.46. The fraction of sp³-hybridized carbons (Fsp3) is 0.263. The molecule has 0 unspecified atom stereocenters. The summed E-state index contributed by atoms with van der Waals surface area (Å²) >= 11 is 1.25. The zero-order valence-corrected chi connectivity index (χ0v) is 15.4. The molecule has 1 aromatic carbocycles. The van der Waals surface area contributed by atoms with E-state index < -0.39 is 0 Å². The van der Waals surface area contributed by atoms with E-state index >= 15 is 0 Å². The van der Waals surface area contributed by atoms with Gasteiger partial charge in [-0.15, -0.1) is 11.3 Å². The third kappa shape index (κ3) is 3.66. The molecule has 1 atom stereocenters. The Morgan fingerprint density at radius 3 is 2.96 bits per heavy atom. The number of nitrogens with zero attached hydrogens (tertiary/aromatic N) is 3. The molecule has 3 aromatic rings. The van der Waals surface area contributed by atoms with E-state index in [1.165, 1.54) is 23.5 Å². The molecule has 4 rings (SSSR count). The van der Waals surface area contributed by atoms with Crippen LogP contribution >= 0.6 is 11.3 Å². The van der Waals surface area contributed by atoms with E-state index in [-0.39, 0.29) is 17.8 Å². The first-order valence-electron chi connectivity index (χ1n) is 8.60. The molecule has 27 heavy (non-hydrogen) atoms. The van der Waals surface area contributed by atoms with Crippen LogP contribution in [0.4, 0.5) is 4.39 Å². The Morgan fingerprint density at radius 2 is 2.15 bits per heavy atom. The fourth-order valence-corrected chi connectivity index (χ4v) is 3.95. The second-order valence-electron chi connectivity index (χ2n) is 6.20. The van der Waals surface area contributed by atoms with E-state index in [1.807, 2.05) is 0 Å². The van der Waals surface area contributed by atoms with E-state index in [4.69, 9.17) is 4.74 Å². The molecule has 1 amide bonds. The number of carbonyl (C=O) groups is 1. The summed E-state index contributed by atoms with van der Waals surface area (Å²) in [5.74, 6) is 0.504. The largest absolute Gasteiger partial charge is 0.493 e. The second kappa shape index (κ2) is 7.40. The van der Waals surface area contributed by atoms with Crippen molar-refractivity contribution in [2.24, 2.45) is 0 Å². The van der Waals surface area contributed by atoms with Crippen molar-refractivity contribution in [1.29, 1.82) is 0 Å². The lowest BCUT2D eigenvalue weighted by molar-refractivity contribution is 0.0938. The first kappa shape index (κ1) is 17.5. The van der Waals surface area contributed by atoms with E-state index in [9.17, 15) is 9.18 Å². The number of carbonyl (C=O) groups excluding carboxylic acids is 1. The van der Waals surface area contributed by atoms with Crippen LogP contribution in [0.15, 0.2) is 36.7 Å². The summed E-state index contributed by atoms with van der Waals surface area (Å²) in [4.78, 5) is 26.1. The van der Waals surface area contributed by atoms with Crippen molar-refractivity contribution < 1.29 is 13.9 Å². The van der Waals surface area contributed by atoms with Gasteiger partial charge in [0.05, 0.1) is 18.3 Å². The molecule has 0 radical (unpaired) electrons. The SMILES string of the molecule is Cc1nc(-c2ncccn2)sc1C(=O)N[C@@H]1CCCOc2ccc(F)cc21. The van der Waals surface area contributed by atoms with Crippen molar-refractivity contribution in [3.8, 4) is 16.6 Å². The summed E-state index contributed by atoms with van der Waals surface area (Å²) in [6, 6.07) is 5.81. The van der Waals surface area contributed by atoms with Crippen LogP contribution in [0.5, 0.6) is 5.75 Å². The average Bonchev–Trinajstić information content (AvgIpc) is 2.97. The molecule has 1 aliphatic heterocycles. The number of nitrogens with one attached hydrogen (secondary N) is 1. The zero-order chi connectivity index (χ0) is 18.8. The van der Waals surface area contributed by atoms with Gasteiger partial charge >= 0.3 is 0 Å². The number of halogens is 1. The Morgan fingerprint density at radius 1 is 1.33 bits per heavy atom. The smallest absolute Gasteiger partial charge is 0.263 e. The van der Waals surface area contributed by atoms with Crippen LogP contribution in [0.3, 0.4) is 0 Å². The molecule has 6 nitrogen and oxygen atoms in total. The van der Waals surface area contributed by atoms with Crippen molar-refractivity contribution in [3.05, 3.63) is 58.6 Å². The average molecular weight is 384 g/mol. The molecule has 8 heteroatoms. The normalized spacial score (nSPS) is 16.1. The molecule has 138 valence electrons. The minimum atomic E-state index is -0.351. The molecule has 1 aliphatic rings. The van der Waals surface area contributed by atoms with Crippen LogP contribution in [0.1, 0.15) is 39.8 Å². The number of aromatic nitrogens is 3. The van der Waals surface area contributed by atoms with Crippen LogP contribution in [0.2, 0.25) is 0 Å². The molecular weight excluding hydrogens is 367 g/mol. The number of hydrogen-bond acceptors (Lipinski definition) is 6. The fourth-order valence-electron chi connectivity index (χ4n) is 3.03. The van der Waals surface area contributed by atoms with Gasteiger partial charge in [-0.05, 0) is 44.0 Å². The summed E-state index contributed by atoms with van der Waals surface area (Å²) in [7, 11) is 0. The van der Waals surface area contributed by atoms with Gasteiger partial charge in [0.25, 0.3) is 5.91 Å². The van der Waals surface area contributed by atoms with E-state index in [1.54, 1.807) is 31.5 Å². The third-order valence-electron chi connectivity index (χ3n) is 4.31. The number of thiazole rings is 1. The highest BCUT2D eigenvalue weighted by Gasteiger charge is 2.25. The van der Waals surface area contributed by atoms with Crippen molar-refractivity contribution in [2.45, 2.75) is 25.8 Å². The Hall–Kier alpha value is -2.87. The zero-order valence-electron chi connectivity index (χ0n) is 14.6. The Bertz CT molecular complexity index is 977. The van der Waals surface area contributed by atoms with Crippen LogP contribution in [0.25, 0.3) is 10.8 Å². The molecule has 0 spiro atoms. The van der Waals surface area contributed by atoms with E-state index in [0.29, 0.717) is 45.7 Å². The monoisotopic (exact) mass is 384 g/mol. The standard InChI is InChI=1S/C19H17FN4O2S/c1-11-16(27-19(23-11)17-21-7-3-8-22-17)18(25)24-14-4-2-9-26-15-6-5-12(20)10-13(14)15/h3,5-8,10,14H,2,4,9H2,1H3,(H,24,25)/t14-/m1/s1. The minimum absolute atomic E-state index is 0.241. The van der Waals surface area contributed by atoms with Gasteiger partial charge in [-0.2, -0.15) is 0 Å². The summed E-state index contributed by atoms with van der Waals surface area (Å²) < 4.78 is 19.4. The molecule has 0 fully saturated rings. The second-order valence-corrected chi connectivity index (χ2v) is 7.20. The van der Waals surface area contributed by atoms with Crippen LogP contribution < -0.4 is 10.1 Å². The highest BCUT2D eigenvalue weighted by atomic mass is 32.1. The number of benzene rings is 1. The van der Waals surface area contributed by atoms with Gasteiger partial charge in [-0.3, -0.25) is 4.79 Å². The van der Waals surface area contributed by atoms with Crippen molar-refractivity contribution in [2.75, 3.05) is 6.61 Å². The minimum Gasteiger partial charge on any atom is -0.493 e. The highest BCUT2D eigenvalue weighted by Crippen LogP contribution is 2.33. The summed E-state index contributed by atoms with van der Waals surface area (Å²) in [5, 5.41) is 3.60. The number of aryl methyl sites for hydroxylation is 1. The topological polar surface area (TPSA) is 77.0 Å². The summed E-state index contributed by atoms with van der Waals surface area (Å²) in [5.41, 5.74) is 1.28. The van der Waals surface area contributed by atoms with Gasteiger partial charge in [0.15, 0.2) is 10.8 Å². The summed E-state index contributed by atoms with van der Waals surface area (Å²) in [6.07, 6.45) is 4.71. The van der Waals surface area contributed by atoms with Crippen molar-refractivity contribution in [1.82, 2.24) is 20.3 Å². The molecule has 3 heterocycles. The Labute approximate surface area is 159 Å². The van der Waals surface area contributed by atoms with Crippen LogP contribution in [-0.4, -0.2) is 27.5 Å². The number of rotatable bonds is 3. The van der Waals surface area contributed by atoms with Gasteiger partial charge < -0.3 is 10.1 Å². The number of fused-ring (bicyclic) bond motifs is 1. The maximum absolute atomic E-state index is 13.7. The molecule has 0 saturated heterocycles. The van der Waals surface area contributed by atoms with Gasteiger partial charge in [0, 0.05) is 18.0 Å². The lowest BCUT2D eigenvalue weighted by atomic mass is 10.0. The van der Waals surface area contributed by atoms with Gasteiger partial charge in [-0.25, -0.2) is 19.3 Å². The maximum Gasteiger partial charge on any atom is 0.263 e. The van der Waals surface area contributed by atoms with E-state index in [2.05, 4.69) is 20.3 Å². The number of amides is 1. The first-order chi connectivity index (χ1) is 13.1. The van der Waals surface area contributed by atoms with Crippen molar-refractivity contribution in [3.63, 3.8) is 0 Å². The van der Waals surface area contributed by atoms with Gasteiger partial charge in [0.1, 0.15) is 16.4 Å². The molecule has 1 N–H and O–H groups in total. The lowest BCUT2D eigenvalue weighted by Crippen LogP contribution is -2.28. The molecular formula is C19H17FN4O2S. The van der Waals surface area contributed by atoms with Crippen LogP contribution in [0, 0.1) is 12.7 Å². The van der Waals surface area contributed by atoms with Crippen LogP contribution in [-0.2, 0) is 0 Å².